The van der Waals surface area contributed by atoms with E-state index in [0.29, 0.717) is 0 Å². The van der Waals surface area contributed by atoms with Gasteiger partial charge in [-0.3, -0.25) is 4.99 Å². The lowest BCUT2D eigenvalue weighted by Crippen LogP contribution is -2.37. The standard InChI is InChI=1S/C16H21FN4/c1-18-16(20-11-14-8-10-21(2)12-14)19-9-7-13-3-5-15(17)6-4-13/h3-6,8,10,12H,7,9,11H2,1-2H3,(H2,18,19,20). The van der Waals surface area contributed by atoms with Crippen LogP contribution >= 0.6 is 0 Å². The highest BCUT2D eigenvalue weighted by atomic mass is 19.1. The molecule has 0 aliphatic rings. The predicted octanol–water partition coefficient (Wildman–Crippen LogP) is 2.07. The molecule has 2 rings (SSSR count). The van der Waals surface area contributed by atoms with Crippen LogP contribution in [0.2, 0.25) is 0 Å². The molecule has 0 aliphatic heterocycles. The molecular formula is C16H21FN4. The molecule has 0 saturated carbocycles. The number of nitrogens with zero attached hydrogens (tertiary/aromatic N) is 2. The molecule has 2 aromatic rings. The molecule has 21 heavy (non-hydrogen) atoms. The second-order valence-electron chi connectivity index (χ2n) is 4.91. The number of aromatic nitrogens is 1. The summed E-state index contributed by atoms with van der Waals surface area (Å²) in [5, 5.41) is 6.51. The smallest absolute Gasteiger partial charge is 0.191 e. The van der Waals surface area contributed by atoms with Crippen molar-refractivity contribution in [1.29, 1.82) is 0 Å². The molecule has 1 heterocycles. The lowest BCUT2D eigenvalue weighted by molar-refractivity contribution is 0.626. The number of benzene rings is 1. The van der Waals surface area contributed by atoms with Crippen LogP contribution in [0.3, 0.4) is 0 Å². The van der Waals surface area contributed by atoms with Gasteiger partial charge in [-0.2, -0.15) is 0 Å². The Bertz CT molecular complexity index is 587. The number of aryl methyl sites for hydroxylation is 1. The maximum absolute atomic E-state index is 12.8. The van der Waals surface area contributed by atoms with Crippen molar-refractivity contribution in [3.05, 3.63) is 59.7 Å². The number of guanidine groups is 1. The van der Waals surface area contributed by atoms with Gasteiger partial charge in [-0.25, -0.2) is 4.39 Å². The fraction of sp³-hybridized carbons (Fsp3) is 0.312. The topological polar surface area (TPSA) is 41.4 Å². The number of aliphatic imine (C=N–C) groups is 1. The van der Waals surface area contributed by atoms with Crippen LogP contribution in [-0.2, 0) is 20.0 Å². The minimum Gasteiger partial charge on any atom is -0.357 e. The number of hydrogen-bond acceptors (Lipinski definition) is 1. The van der Waals surface area contributed by atoms with E-state index in [9.17, 15) is 4.39 Å². The summed E-state index contributed by atoms with van der Waals surface area (Å²) in [5.41, 5.74) is 2.31. The van der Waals surface area contributed by atoms with E-state index < -0.39 is 0 Å². The molecule has 2 N–H and O–H groups in total. The largest absolute Gasteiger partial charge is 0.357 e. The van der Waals surface area contributed by atoms with Crippen LogP contribution in [-0.4, -0.2) is 24.1 Å². The molecule has 1 aromatic carbocycles. The zero-order chi connectivity index (χ0) is 15.1. The quantitative estimate of drug-likeness (QED) is 0.653. The summed E-state index contributed by atoms with van der Waals surface area (Å²) in [7, 11) is 3.75. The maximum atomic E-state index is 12.8. The van der Waals surface area contributed by atoms with Gasteiger partial charge < -0.3 is 15.2 Å². The Kier molecular flexibility index (Phi) is 5.37. The SMILES string of the molecule is CN=C(NCCc1ccc(F)cc1)NCc1ccn(C)c1. The fourth-order valence-corrected chi connectivity index (χ4v) is 2.05. The molecule has 0 spiro atoms. The van der Waals surface area contributed by atoms with Crippen molar-refractivity contribution in [2.75, 3.05) is 13.6 Å². The molecule has 0 saturated heterocycles. The van der Waals surface area contributed by atoms with Crippen LogP contribution < -0.4 is 10.6 Å². The summed E-state index contributed by atoms with van der Waals surface area (Å²) < 4.78 is 14.8. The molecular weight excluding hydrogens is 267 g/mol. The molecule has 1 aromatic heterocycles. The zero-order valence-corrected chi connectivity index (χ0v) is 12.4. The number of rotatable bonds is 5. The molecule has 4 nitrogen and oxygen atoms in total. The van der Waals surface area contributed by atoms with Gasteiger partial charge in [-0.05, 0) is 35.7 Å². The summed E-state index contributed by atoms with van der Waals surface area (Å²) in [6.45, 7) is 1.48. The Morgan fingerprint density at radius 2 is 1.90 bits per heavy atom. The highest BCUT2D eigenvalue weighted by Gasteiger charge is 2.00. The summed E-state index contributed by atoms with van der Waals surface area (Å²) >= 11 is 0. The van der Waals surface area contributed by atoms with E-state index in [0.717, 1.165) is 31.0 Å². The molecule has 0 fully saturated rings. The number of nitrogens with one attached hydrogen (secondary N) is 2. The van der Waals surface area contributed by atoms with Crippen LogP contribution in [0.5, 0.6) is 0 Å². The van der Waals surface area contributed by atoms with Crippen molar-refractivity contribution in [2.24, 2.45) is 12.0 Å². The lowest BCUT2D eigenvalue weighted by Gasteiger charge is -2.11. The van der Waals surface area contributed by atoms with Gasteiger partial charge in [0.25, 0.3) is 0 Å². The zero-order valence-electron chi connectivity index (χ0n) is 12.4. The summed E-state index contributed by atoms with van der Waals surface area (Å²) in [5.74, 6) is 0.563. The molecule has 0 atom stereocenters. The minimum atomic E-state index is -0.202. The number of halogens is 1. The second kappa shape index (κ2) is 7.47. The molecule has 0 unspecified atom stereocenters. The highest BCUT2D eigenvalue weighted by Crippen LogP contribution is 2.02. The van der Waals surface area contributed by atoms with E-state index in [1.165, 1.54) is 17.7 Å². The van der Waals surface area contributed by atoms with E-state index >= 15 is 0 Å². The van der Waals surface area contributed by atoms with Gasteiger partial charge in [0.05, 0.1) is 0 Å². The predicted molar refractivity (Wildman–Crippen MR) is 83.7 cm³/mol. The van der Waals surface area contributed by atoms with Crippen molar-refractivity contribution < 1.29 is 4.39 Å². The summed E-state index contributed by atoms with van der Waals surface area (Å²) in [4.78, 5) is 4.18. The Morgan fingerprint density at radius 3 is 2.52 bits per heavy atom. The molecule has 0 bridgehead atoms. The molecule has 112 valence electrons. The average Bonchev–Trinajstić information content (AvgIpc) is 2.90. The third-order valence-corrected chi connectivity index (χ3v) is 3.20. The van der Waals surface area contributed by atoms with Gasteiger partial charge >= 0.3 is 0 Å². The van der Waals surface area contributed by atoms with E-state index in [4.69, 9.17) is 0 Å². The van der Waals surface area contributed by atoms with Crippen molar-refractivity contribution in [2.45, 2.75) is 13.0 Å². The molecule has 5 heteroatoms. The normalized spacial score (nSPS) is 11.5. The van der Waals surface area contributed by atoms with Crippen LogP contribution in [0.4, 0.5) is 4.39 Å². The monoisotopic (exact) mass is 288 g/mol. The third-order valence-electron chi connectivity index (χ3n) is 3.20. The van der Waals surface area contributed by atoms with Gasteiger partial charge in [0.2, 0.25) is 0 Å². The van der Waals surface area contributed by atoms with Gasteiger partial charge in [0, 0.05) is 39.6 Å². The van der Waals surface area contributed by atoms with E-state index in [1.807, 2.05) is 17.8 Å². The lowest BCUT2D eigenvalue weighted by atomic mass is 10.1. The Labute approximate surface area is 124 Å². The van der Waals surface area contributed by atoms with Crippen LogP contribution in [0.1, 0.15) is 11.1 Å². The van der Waals surface area contributed by atoms with Crippen LogP contribution in [0.15, 0.2) is 47.7 Å². The maximum Gasteiger partial charge on any atom is 0.191 e. The first-order chi connectivity index (χ1) is 10.2. The average molecular weight is 288 g/mol. The number of hydrogen-bond donors (Lipinski definition) is 2. The fourth-order valence-electron chi connectivity index (χ4n) is 2.05. The molecule has 0 radical (unpaired) electrons. The first-order valence-corrected chi connectivity index (χ1v) is 6.97. The second-order valence-corrected chi connectivity index (χ2v) is 4.91. The van der Waals surface area contributed by atoms with Gasteiger partial charge in [0.15, 0.2) is 5.96 Å². The minimum absolute atomic E-state index is 0.202. The Balaban J connectivity index is 1.74. The van der Waals surface area contributed by atoms with Crippen LogP contribution in [0.25, 0.3) is 0 Å². The molecule has 0 amide bonds. The molecule has 0 aliphatic carbocycles. The van der Waals surface area contributed by atoms with Crippen molar-refractivity contribution >= 4 is 5.96 Å². The van der Waals surface area contributed by atoms with E-state index in [2.05, 4.69) is 27.9 Å². The summed E-state index contributed by atoms with van der Waals surface area (Å²) in [6, 6.07) is 8.64. The Hall–Kier alpha value is -2.30. The summed E-state index contributed by atoms with van der Waals surface area (Å²) in [6.07, 6.45) is 4.91. The van der Waals surface area contributed by atoms with E-state index in [1.54, 1.807) is 19.2 Å². The van der Waals surface area contributed by atoms with Gasteiger partial charge in [0.1, 0.15) is 5.82 Å². The van der Waals surface area contributed by atoms with Crippen molar-refractivity contribution in [1.82, 2.24) is 15.2 Å². The van der Waals surface area contributed by atoms with E-state index in [-0.39, 0.29) is 5.82 Å². The van der Waals surface area contributed by atoms with Crippen molar-refractivity contribution in [3.63, 3.8) is 0 Å². The third kappa shape index (κ3) is 4.95. The van der Waals surface area contributed by atoms with Crippen LogP contribution in [0, 0.1) is 5.82 Å². The first-order valence-electron chi connectivity index (χ1n) is 6.97. The highest BCUT2D eigenvalue weighted by molar-refractivity contribution is 5.79. The van der Waals surface area contributed by atoms with Crippen molar-refractivity contribution in [3.8, 4) is 0 Å². The van der Waals surface area contributed by atoms with Gasteiger partial charge in [-0.15, -0.1) is 0 Å². The van der Waals surface area contributed by atoms with Gasteiger partial charge in [-0.1, -0.05) is 12.1 Å². The Morgan fingerprint density at radius 1 is 1.14 bits per heavy atom. The first kappa shape index (κ1) is 15.1.